The lowest BCUT2D eigenvalue weighted by Crippen LogP contribution is -2.65. The molecule has 0 aromatic heterocycles. The smallest absolute Gasteiger partial charge is 0.187 e. The third-order valence-corrected chi connectivity index (χ3v) is 16.2. The first-order chi connectivity index (χ1) is 24.7. The van der Waals surface area contributed by atoms with Crippen molar-refractivity contribution in [2.24, 2.45) is 52.3 Å². The van der Waals surface area contributed by atoms with Gasteiger partial charge in [0, 0.05) is 12.3 Å². The number of aliphatic hydroxyl groups excluding tert-OH is 7. The third-order valence-electron chi connectivity index (χ3n) is 16.2. The molecule has 8 aliphatic rings. The number of aliphatic hydroxyl groups is 7. The van der Waals surface area contributed by atoms with Gasteiger partial charge in [-0.3, -0.25) is 0 Å². The second-order valence-corrected chi connectivity index (χ2v) is 18.7. The van der Waals surface area contributed by atoms with Gasteiger partial charge in [-0.15, -0.1) is 0 Å². The highest BCUT2D eigenvalue weighted by Crippen LogP contribution is 2.71. The van der Waals surface area contributed by atoms with Gasteiger partial charge in [0.15, 0.2) is 18.4 Å². The molecular formula is C39H64O13. The molecular weight excluding hydrogens is 676 g/mol. The summed E-state index contributed by atoms with van der Waals surface area (Å²) in [6.07, 6.45) is -3.66. The van der Waals surface area contributed by atoms with Crippen LogP contribution in [0.15, 0.2) is 0 Å². The fourth-order valence-electron chi connectivity index (χ4n) is 13.2. The summed E-state index contributed by atoms with van der Waals surface area (Å²) in [5.41, 5.74) is 0.468. The van der Waals surface area contributed by atoms with E-state index in [2.05, 4.69) is 27.7 Å². The summed E-state index contributed by atoms with van der Waals surface area (Å²) in [6, 6.07) is 0. The van der Waals surface area contributed by atoms with E-state index in [0.29, 0.717) is 41.4 Å². The second kappa shape index (κ2) is 14.1. The van der Waals surface area contributed by atoms with Crippen LogP contribution < -0.4 is 0 Å². The minimum Gasteiger partial charge on any atom is -0.394 e. The van der Waals surface area contributed by atoms with E-state index in [-0.39, 0.29) is 23.0 Å². The summed E-state index contributed by atoms with van der Waals surface area (Å²) in [6.45, 7) is 9.33. The maximum Gasteiger partial charge on any atom is 0.187 e. The zero-order valence-electron chi connectivity index (χ0n) is 31.2. The van der Waals surface area contributed by atoms with Gasteiger partial charge >= 0.3 is 0 Å². The lowest BCUT2D eigenvalue weighted by molar-refractivity contribution is -0.364. The zero-order chi connectivity index (χ0) is 36.9. The summed E-state index contributed by atoms with van der Waals surface area (Å²) in [5.74, 6) is 3.63. The molecule has 0 amide bonds. The van der Waals surface area contributed by atoms with Crippen molar-refractivity contribution in [3.63, 3.8) is 0 Å². The van der Waals surface area contributed by atoms with E-state index in [4.69, 9.17) is 28.4 Å². The average molecular weight is 741 g/mol. The Morgan fingerprint density at radius 1 is 0.673 bits per heavy atom. The summed E-state index contributed by atoms with van der Waals surface area (Å²) < 4.78 is 37.0. The Bertz CT molecular complexity index is 1260. The lowest BCUT2D eigenvalue weighted by Gasteiger charge is -2.61. The lowest BCUT2D eigenvalue weighted by atomic mass is 9.44. The zero-order valence-corrected chi connectivity index (χ0v) is 31.2. The molecule has 0 bridgehead atoms. The first-order valence-electron chi connectivity index (χ1n) is 20.3. The van der Waals surface area contributed by atoms with Gasteiger partial charge in [-0.05, 0) is 104 Å². The highest BCUT2D eigenvalue weighted by atomic mass is 16.7. The molecule has 8 rings (SSSR count). The molecule has 4 saturated carbocycles. The van der Waals surface area contributed by atoms with Gasteiger partial charge in [-0.1, -0.05) is 27.7 Å². The first kappa shape index (κ1) is 38.4. The van der Waals surface area contributed by atoms with Crippen LogP contribution in [0.1, 0.15) is 91.9 Å². The van der Waals surface area contributed by atoms with Crippen molar-refractivity contribution in [2.45, 2.75) is 171 Å². The highest BCUT2D eigenvalue weighted by Gasteiger charge is 2.69. The van der Waals surface area contributed by atoms with Crippen molar-refractivity contribution >= 4 is 0 Å². The van der Waals surface area contributed by atoms with Crippen LogP contribution in [0.3, 0.4) is 0 Å². The quantitative estimate of drug-likeness (QED) is 0.194. The number of rotatable bonds is 6. The van der Waals surface area contributed by atoms with Crippen LogP contribution in [0.5, 0.6) is 0 Å². The Balaban J connectivity index is 0.892. The van der Waals surface area contributed by atoms with Crippen molar-refractivity contribution in [1.82, 2.24) is 0 Å². The number of hydrogen-bond donors (Lipinski definition) is 7. The maximum absolute atomic E-state index is 11.2. The molecule has 7 unspecified atom stereocenters. The van der Waals surface area contributed by atoms with E-state index < -0.39 is 80.4 Å². The maximum atomic E-state index is 11.2. The van der Waals surface area contributed by atoms with Crippen molar-refractivity contribution in [3.05, 3.63) is 0 Å². The molecule has 8 fully saturated rings. The van der Waals surface area contributed by atoms with E-state index in [0.717, 1.165) is 45.1 Å². The van der Waals surface area contributed by atoms with Gasteiger partial charge in [-0.2, -0.15) is 0 Å². The van der Waals surface area contributed by atoms with Crippen LogP contribution in [0, 0.1) is 52.3 Å². The number of hydrogen-bond acceptors (Lipinski definition) is 13. The molecule has 298 valence electrons. The van der Waals surface area contributed by atoms with E-state index in [9.17, 15) is 35.7 Å². The number of ether oxygens (including phenoxy) is 6. The second-order valence-electron chi connectivity index (χ2n) is 18.7. The summed E-state index contributed by atoms with van der Waals surface area (Å²) >= 11 is 0. The van der Waals surface area contributed by atoms with Crippen molar-refractivity contribution in [3.8, 4) is 0 Å². The van der Waals surface area contributed by atoms with E-state index in [1.54, 1.807) is 0 Å². The van der Waals surface area contributed by atoms with Gasteiger partial charge in [0.1, 0.15) is 48.8 Å². The highest BCUT2D eigenvalue weighted by molar-refractivity contribution is 5.15. The Hall–Kier alpha value is -0.520. The molecule has 4 heterocycles. The largest absolute Gasteiger partial charge is 0.394 e. The first-order valence-corrected chi connectivity index (χ1v) is 20.3. The summed E-state index contributed by atoms with van der Waals surface area (Å²) in [7, 11) is 0. The molecule has 52 heavy (non-hydrogen) atoms. The Morgan fingerprint density at radius 2 is 1.37 bits per heavy atom. The Labute approximate surface area is 307 Å². The van der Waals surface area contributed by atoms with Gasteiger partial charge < -0.3 is 64.2 Å². The normalized spacial score (nSPS) is 59.0. The topological polar surface area (TPSA) is 197 Å². The summed E-state index contributed by atoms with van der Waals surface area (Å²) in [4.78, 5) is 0. The average Bonchev–Trinajstić information content (AvgIpc) is 3.58. The van der Waals surface area contributed by atoms with E-state index >= 15 is 0 Å². The number of fused-ring (bicyclic) bond motifs is 7. The standard InChI is InChI=1S/C39H64O13/c1-18-7-12-39(47-17-18)19(2)28-25(52-39)14-24-22-6-5-20-13-21(8-10-37(20,3)23(22)9-11-38(24,28)4)48-35-33(46)31(44)34(27(16-41)50-35)51-36-32(45)30(43)29(42)26(15-40)49-36/h18-36,40-46H,5-17H2,1-4H3/t18?,19-,20?,21?,22?,23?,24?,25-,26+,27-,28-,29-,30-,31+,32+,33+,34+,35+,36-,37-,38-,39?/m0/s1. The van der Waals surface area contributed by atoms with Crippen LogP contribution in [0.2, 0.25) is 0 Å². The van der Waals surface area contributed by atoms with Gasteiger partial charge in [-0.25, -0.2) is 0 Å². The van der Waals surface area contributed by atoms with Gasteiger partial charge in [0.25, 0.3) is 0 Å². The van der Waals surface area contributed by atoms with Crippen molar-refractivity contribution < 1.29 is 64.2 Å². The molecule has 4 saturated heterocycles. The molecule has 4 aliphatic heterocycles. The monoisotopic (exact) mass is 740 g/mol. The third kappa shape index (κ3) is 5.98. The minimum atomic E-state index is -1.71. The fraction of sp³-hybridized carbons (Fsp3) is 1.00. The van der Waals surface area contributed by atoms with Gasteiger partial charge in [0.05, 0.1) is 32.0 Å². The fourth-order valence-corrected chi connectivity index (χ4v) is 13.2. The molecule has 4 aliphatic carbocycles. The minimum absolute atomic E-state index is 0.188. The molecule has 22 atom stereocenters. The predicted molar refractivity (Wildman–Crippen MR) is 183 cm³/mol. The van der Waals surface area contributed by atoms with E-state index in [1.807, 2.05) is 0 Å². The van der Waals surface area contributed by atoms with Crippen molar-refractivity contribution in [1.29, 1.82) is 0 Å². The van der Waals surface area contributed by atoms with Crippen LogP contribution >= 0.6 is 0 Å². The molecule has 13 heteroatoms. The summed E-state index contributed by atoms with van der Waals surface area (Å²) in [5, 5.41) is 72.8. The van der Waals surface area contributed by atoms with Gasteiger partial charge in [0.2, 0.25) is 0 Å². The van der Waals surface area contributed by atoms with Crippen LogP contribution in [-0.2, 0) is 28.4 Å². The van der Waals surface area contributed by atoms with Crippen LogP contribution in [-0.4, -0.2) is 135 Å². The Kier molecular flexibility index (Phi) is 10.4. The van der Waals surface area contributed by atoms with Crippen LogP contribution in [0.25, 0.3) is 0 Å². The molecule has 0 radical (unpaired) electrons. The van der Waals surface area contributed by atoms with E-state index in [1.165, 1.54) is 25.7 Å². The molecule has 7 N–H and O–H groups in total. The van der Waals surface area contributed by atoms with Crippen molar-refractivity contribution in [2.75, 3.05) is 19.8 Å². The molecule has 13 nitrogen and oxygen atoms in total. The molecule has 0 aromatic rings. The predicted octanol–water partition coefficient (Wildman–Crippen LogP) is 1.44. The SMILES string of the molecule is CC1CCC2(OC1)O[C@H]1CC3C4CCC5CC(O[C@@H]6O[C@@H](CO)[C@@H](O[C@@H]7O[C@H](CO)[C@H](O)[C@H](O)[C@H]7O)[C@H](O)[C@H]6O)CC[C@]5(C)C4CC[C@]3(C)[C@H]1[C@@H]2C. The molecule has 1 spiro atoms. The Morgan fingerprint density at radius 3 is 2.08 bits per heavy atom. The molecule has 0 aromatic carbocycles. The van der Waals surface area contributed by atoms with Crippen LogP contribution in [0.4, 0.5) is 0 Å².